The van der Waals surface area contributed by atoms with Crippen LogP contribution in [0.15, 0.2) is 64.8 Å². The van der Waals surface area contributed by atoms with Gasteiger partial charge in [0.1, 0.15) is 18.4 Å². The summed E-state index contributed by atoms with van der Waals surface area (Å²) in [7, 11) is 1.58. The van der Waals surface area contributed by atoms with E-state index in [-0.39, 0.29) is 17.2 Å². The molecule has 0 fully saturated rings. The molecule has 1 atom stereocenters. The molecule has 1 aromatic carbocycles. The Hall–Kier alpha value is -3.20. The summed E-state index contributed by atoms with van der Waals surface area (Å²) in [4.78, 5) is 18.1. The fraction of sp³-hybridized carbons (Fsp3) is 0.318. The molecule has 0 spiro atoms. The van der Waals surface area contributed by atoms with E-state index in [1.165, 1.54) is 16.5 Å². The van der Waals surface area contributed by atoms with Crippen molar-refractivity contribution in [3.63, 3.8) is 0 Å². The lowest BCUT2D eigenvalue weighted by Gasteiger charge is -2.09. The number of aryl methyl sites for hydroxylation is 1. The number of rotatable bonds is 8. The zero-order valence-electron chi connectivity index (χ0n) is 17.2. The molecule has 0 saturated heterocycles. The zero-order valence-corrected chi connectivity index (χ0v) is 17.2. The van der Waals surface area contributed by atoms with Gasteiger partial charge in [-0.05, 0) is 30.7 Å². The average Bonchev–Trinajstić information content (AvgIpc) is 2.77. The van der Waals surface area contributed by atoms with Gasteiger partial charge in [0, 0.05) is 25.8 Å². The highest BCUT2D eigenvalue weighted by atomic mass is 19.4. The summed E-state index contributed by atoms with van der Waals surface area (Å²) < 4.78 is 47.7. The zero-order chi connectivity index (χ0) is 22.4. The molecule has 0 radical (unpaired) electrons. The molecule has 0 aliphatic carbocycles. The minimum atomic E-state index is -4.49. The SMILES string of the molecule is COC(C)CON=CCC[n+]1cc(-c2cccc(C(F)(F)F)c2)c(=O)n2ccccc21. The Morgan fingerprint density at radius 3 is 2.77 bits per heavy atom. The Bertz CT molecular complexity index is 1130. The van der Waals surface area contributed by atoms with Crippen molar-refractivity contribution in [2.75, 3.05) is 13.7 Å². The van der Waals surface area contributed by atoms with Crippen molar-refractivity contribution in [2.45, 2.75) is 32.2 Å². The molecule has 0 N–H and O–H groups in total. The standard InChI is InChI=1S/C22H23F3N3O3/c1-16(30-2)15-31-26-10-6-11-27-14-19(21(29)28-12-4-3-9-20(27)28)17-7-5-8-18(13-17)22(23,24)25/h3-5,7-10,12-14,16H,6,11,15H2,1-2H3/q+1. The van der Waals surface area contributed by atoms with E-state index in [0.29, 0.717) is 25.2 Å². The Kier molecular flexibility index (Phi) is 7.06. The lowest BCUT2D eigenvalue weighted by atomic mass is 10.1. The van der Waals surface area contributed by atoms with Crippen LogP contribution in [-0.2, 0) is 22.3 Å². The van der Waals surface area contributed by atoms with Crippen molar-refractivity contribution < 1.29 is 27.3 Å². The van der Waals surface area contributed by atoms with Crippen LogP contribution in [0.5, 0.6) is 0 Å². The van der Waals surface area contributed by atoms with Crippen LogP contribution in [0.2, 0.25) is 0 Å². The first kappa shape index (κ1) is 22.5. The summed E-state index contributed by atoms with van der Waals surface area (Å²) in [6.45, 7) is 2.63. The first-order chi connectivity index (χ1) is 14.8. The van der Waals surface area contributed by atoms with Crippen molar-refractivity contribution in [3.8, 4) is 11.1 Å². The van der Waals surface area contributed by atoms with Crippen LogP contribution in [0.4, 0.5) is 13.2 Å². The topological polar surface area (TPSA) is 56.2 Å². The number of aromatic nitrogens is 2. The number of alkyl halides is 3. The molecule has 1 unspecified atom stereocenters. The molecule has 31 heavy (non-hydrogen) atoms. The smallest absolute Gasteiger partial charge is 0.393 e. The van der Waals surface area contributed by atoms with Crippen molar-refractivity contribution in [2.24, 2.45) is 5.16 Å². The average molecular weight is 434 g/mol. The fourth-order valence-corrected chi connectivity index (χ4v) is 3.01. The fourth-order valence-electron chi connectivity index (χ4n) is 3.01. The number of nitrogens with zero attached hydrogens (tertiary/aromatic N) is 3. The number of methoxy groups -OCH3 is 1. The van der Waals surface area contributed by atoms with E-state index in [0.717, 1.165) is 12.1 Å². The third kappa shape index (κ3) is 5.49. The van der Waals surface area contributed by atoms with Gasteiger partial charge in [-0.3, -0.25) is 0 Å². The first-order valence-electron chi connectivity index (χ1n) is 9.69. The highest BCUT2D eigenvalue weighted by Crippen LogP contribution is 2.31. The molecule has 2 aromatic heterocycles. The second kappa shape index (κ2) is 9.74. The molecule has 0 aliphatic rings. The summed E-state index contributed by atoms with van der Waals surface area (Å²) in [6, 6.07) is 10.0. The van der Waals surface area contributed by atoms with E-state index < -0.39 is 17.3 Å². The quantitative estimate of drug-likeness (QED) is 0.309. The van der Waals surface area contributed by atoms with Crippen LogP contribution in [0, 0.1) is 0 Å². The first-order valence-corrected chi connectivity index (χ1v) is 9.69. The number of benzene rings is 1. The Morgan fingerprint density at radius 2 is 2.03 bits per heavy atom. The molecule has 0 amide bonds. The number of hydrogen-bond donors (Lipinski definition) is 0. The van der Waals surface area contributed by atoms with Gasteiger partial charge in [0.2, 0.25) is 0 Å². The summed E-state index contributed by atoms with van der Waals surface area (Å²) in [5, 5.41) is 3.88. The molecule has 2 heterocycles. The van der Waals surface area contributed by atoms with Gasteiger partial charge in [-0.2, -0.15) is 17.6 Å². The van der Waals surface area contributed by atoms with Crippen molar-refractivity contribution in [1.29, 1.82) is 0 Å². The second-order valence-electron chi connectivity index (χ2n) is 6.97. The Morgan fingerprint density at radius 1 is 1.23 bits per heavy atom. The van der Waals surface area contributed by atoms with E-state index in [9.17, 15) is 18.0 Å². The molecular formula is C22H23F3N3O3+. The highest BCUT2D eigenvalue weighted by molar-refractivity contribution is 5.63. The normalized spacial score (nSPS) is 13.1. The van der Waals surface area contributed by atoms with Crippen LogP contribution in [0.25, 0.3) is 16.8 Å². The van der Waals surface area contributed by atoms with Crippen molar-refractivity contribution >= 4 is 11.9 Å². The summed E-state index contributed by atoms with van der Waals surface area (Å²) in [5.74, 6) is 0. The molecule has 3 rings (SSSR count). The maximum atomic E-state index is 13.1. The number of halogens is 3. The van der Waals surface area contributed by atoms with Gasteiger partial charge in [-0.1, -0.05) is 23.4 Å². The summed E-state index contributed by atoms with van der Waals surface area (Å²) in [5.41, 5.74) is -0.194. The third-order valence-electron chi connectivity index (χ3n) is 4.73. The van der Waals surface area contributed by atoms with E-state index in [1.807, 2.05) is 6.92 Å². The van der Waals surface area contributed by atoms with E-state index in [4.69, 9.17) is 9.57 Å². The second-order valence-corrected chi connectivity index (χ2v) is 6.97. The predicted octanol–water partition coefficient (Wildman–Crippen LogP) is 3.70. The van der Waals surface area contributed by atoms with Gasteiger partial charge in [0.25, 0.3) is 5.65 Å². The van der Waals surface area contributed by atoms with Crippen LogP contribution in [-0.4, -0.2) is 30.4 Å². The maximum absolute atomic E-state index is 13.1. The van der Waals surface area contributed by atoms with Gasteiger partial charge < -0.3 is 9.57 Å². The number of fused-ring (bicyclic) bond motifs is 1. The highest BCUT2D eigenvalue weighted by Gasteiger charge is 2.31. The van der Waals surface area contributed by atoms with Crippen LogP contribution < -0.4 is 10.1 Å². The largest absolute Gasteiger partial charge is 0.416 e. The molecule has 9 heteroatoms. The number of hydrogen-bond acceptors (Lipinski definition) is 4. The lowest BCUT2D eigenvalue weighted by Crippen LogP contribution is -2.40. The number of ether oxygens (including phenoxy) is 1. The van der Waals surface area contributed by atoms with E-state index in [1.54, 1.807) is 48.5 Å². The predicted molar refractivity (Wildman–Crippen MR) is 110 cm³/mol. The van der Waals surface area contributed by atoms with Gasteiger partial charge in [0.15, 0.2) is 0 Å². The maximum Gasteiger partial charge on any atom is 0.416 e. The van der Waals surface area contributed by atoms with Gasteiger partial charge in [-0.15, -0.1) is 0 Å². The van der Waals surface area contributed by atoms with Gasteiger partial charge >= 0.3 is 11.7 Å². The molecule has 0 saturated carbocycles. The van der Waals surface area contributed by atoms with Gasteiger partial charge in [0.05, 0.1) is 24.4 Å². The van der Waals surface area contributed by atoms with Crippen molar-refractivity contribution in [1.82, 2.24) is 4.40 Å². The minimum Gasteiger partial charge on any atom is -0.393 e. The molecule has 6 nitrogen and oxygen atoms in total. The molecule has 164 valence electrons. The summed E-state index contributed by atoms with van der Waals surface area (Å²) in [6.07, 6.45) is 0.700. The van der Waals surface area contributed by atoms with Crippen LogP contribution in [0.1, 0.15) is 18.9 Å². The number of oxime groups is 1. The monoisotopic (exact) mass is 434 g/mol. The summed E-state index contributed by atoms with van der Waals surface area (Å²) >= 11 is 0. The molecule has 3 aromatic rings. The van der Waals surface area contributed by atoms with E-state index >= 15 is 0 Å². The Balaban J connectivity index is 1.92. The third-order valence-corrected chi connectivity index (χ3v) is 4.73. The Labute approximate surface area is 177 Å². The molecule has 0 aliphatic heterocycles. The minimum absolute atomic E-state index is 0.0773. The van der Waals surface area contributed by atoms with Crippen LogP contribution in [0.3, 0.4) is 0 Å². The van der Waals surface area contributed by atoms with Crippen molar-refractivity contribution in [3.05, 3.63) is 70.8 Å². The lowest BCUT2D eigenvalue weighted by molar-refractivity contribution is -0.672. The molecular weight excluding hydrogens is 411 g/mol. The van der Waals surface area contributed by atoms with Gasteiger partial charge in [-0.25, -0.2) is 9.36 Å². The van der Waals surface area contributed by atoms with E-state index in [2.05, 4.69) is 5.16 Å². The number of pyridine rings is 1. The molecule has 0 bridgehead atoms. The van der Waals surface area contributed by atoms with Crippen LogP contribution >= 0.6 is 0 Å².